The van der Waals surface area contributed by atoms with Crippen molar-refractivity contribution in [1.29, 1.82) is 0 Å². The molecule has 2 aromatic carbocycles. The van der Waals surface area contributed by atoms with Crippen LogP contribution in [0, 0.1) is 0 Å². The number of aryl methyl sites for hydroxylation is 2. The number of hydrogen-bond donors (Lipinski definition) is 1. The molecule has 146 valence electrons. The minimum atomic E-state index is -3.52. The van der Waals surface area contributed by atoms with E-state index in [1.165, 1.54) is 4.31 Å². The van der Waals surface area contributed by atoms with E-state index in [1.54, 1.807) is 0 Å². The Kier molecular flexibility index (Phi) is 7.59. The highest BCUT2D eigenvalue weighted by molar-refractivity contribution is 9.10. The maximum absolute atomic E-state index is 12.7. The molecule has 0 fully saturated rings. The molecule has 0 saturated carbocycles. The van der Waals surface area contributed by atoms with Crippen molar-refractivity contribution in [3.63, 3.8) is 0 Å². The van der Waals surface area contributed by atoms with Gasteiger partial charge in [-0.1, -0.05) is 60.1 Å². The average Bonchev–Trinajstić information content (AvgIpc) is 2.62. The van der Waals surface area contributed by atoms with Crippen LogP contribution >= 0.6 is 15.9 Å². The number of benzene rings is 2. The summed E-state index contributed by atoms with van der Waals surface area (Å²) < 4.78 is 26.5. The van der Waals surface area contributed by atoms with Crippen molar-refractivity contribution >= 4 is 37.5 Å². The van der Waals surface area contributed by atoms with Crippen molar-refractivity contribution in [3.8, 4) is 0 Å². The van der Waals surface area contributed by atoms with Crippen molar-refractivity contribution in [1.82, 2.24) is 4.31 Å². The summed E-state index contributed by atoms with van der Waals surface area (Å²) in [5.74, 6) is -0.344. The molecule has 0 radical (unpaired) electrons. The molecule has 0 unspecified atom stereocenters. The zero-order chi connectivity index (χ0) is 20.0. The van der Waals surface area contributed by atoms with Crippen LogP contribution in [0.15, 0.2) is 46.9 Å². The second-order valence-corrected chi connectivity index (χ2v) is 9.27. The largest absolute Gasteiger partial charge is 0.324 e. The van der Waals surface area contributed by atoms with Crippen LogP contribution < -0.4 is 5.32 Å². The van der Waals surface area contributed by atoms with Crippen LogP contribution in [0.25, 0.3) is 0 Å². The first-order chi connectivity index (χ1) is 12.7. The number of nitrogens with zero attached hydrogens (tertiary/aromatic N) is 1. The smallest absolute Gasteiger partial charge is 0.239 e. The van der Waals surface area contributed by atoms with E-state index >= 15 is 0 Å². The normalized spacial score (nSPS) is 11.6. The standard InChI is InChI=1S/C20H25BrN2O3S/c1-4-16-11-18(21)12-17(5-2)20(16)22-19(24)14-23(27(3,25)26)13-15-9-7-6-8-10-15/h6-12H,4-5,13-14H2,1-3H3,(H,22,24). The SMILES string of the molecule is CCc1cc(Br)cc(CC)c1NC(=O)CN(Cc1ccccc1)S(C)(=O)=O. The van der Waals surface area contributed by atoms with Crippen LogP contribution in [-0.2, 0) is 34.2 Å². The summed E-state index contributed by atoms with van der Waals surface area (Å²) in [5.41, 5.74) is 3.65. The maximum atomic E-state index is 12.7. The Morgan fingerprint density at radius 1 is 1.07 bits per heavy atom. The van der Waals surface area contributed by atoms with Crippen molar-refractivity contribution in [3.05, 3.63) is 63.6 Å². The van der Waals surface area contributed by atoms with Crippen molar-refractivity contribution in [2.45, 2.75) is 33.2 Å². The number of rotatable bonds is 8. The van der Waals surface area contributed by atoms with Crippen LogP contribution in [0.5, 0.6) is 0 Å². The van der Waals surface area contributed by atoms with E-state index in [4.69, 9.17) is 0 Å². The van der Waals surface area contributed by atoms with Gasteiger partial charge in [0, 0.05) is 16.7 Å². The molecule has 0 aliphatic carbocycles. The predicted molar refractivity (Wildman–Crippen MR) is 113 cm³/mol. The van der Waals surface area contributed by atoms with Gasteiger partial charge < -0.3 is 5.32 Å². The summed E-state index contributed by atoms with van der Waals surface area (Å²) in [6.45, 7) is 3.98. The monoisotopic (exact) mass is 452 g/mol. The quantitative estimate of drug-likeness (QED) is 0.658. The van der Waals surface area contributed by atoms with Gasteiger partial charge >= 0.3 is 0 Å². The molecule has 5 nitrogen and oxygen atoms in total. The third kappa shape index (κ3) is 6.16. The number of hydrogen-bond acceptors (Lipinski definition) is 3. The van der Waals surface area contributed by atoms with Gasteiger partial charge in [-0.15, -0.1) is 0 Å². The molecule has 2 rings (SSSR count). The zero-order valence-electron chi connectivity index (χ0n) is 15.8. The van der Waals surface area contributed by atoms with Crippen LogP contribution in [-0.4, -0.2) is 31.4 Å². The lowest BCUT2D eigenvalue weighted by atomic mass is 10.0. The Morgan fingerprint density at radius 2 is 1.63 bits per heavy atom. The summed E-state index contributed by atoms with van der Waals surface area (Å²) in [5, 5.41) is 2.93. The molecule has 0 aromatic heterocycles. The minimum absolute atomic E-state index is 0.161. The third-order valence-electron chi connectivity index (χ3n) is 4.28. The molecule has 0 bridgehead atoms. The van der Waals surface area contributed by atoms with Gasteiger partial charge in [0.25, 0.3) is 0 Å². The molecule has 7 heteroatoms. The van der Waals surface area contributed by atoms with Gasteiger partial charge in [0.05, 0.1) is 12.8 Å². The van der Waals surface area contributed by atoms with Gasteiger partial charge in [-0.3, -0.25) is 4.79 Å². The molecule has 0 aliphatic heterocycles. The molecule has 0 saturated heterocycles. The van der Waals surface area contributed by atoms with Gasteiger partial charge in [-0.2, -0.15) is 4.31 Å². The molecule has 0 spiro atoms. The molecule has 1 N–H and O–H groups in total. The summed E-state index contributed by atoms with van der Waals surface area (Å²) >= 11 is 3.50. The molecule has 0 heterocycles. The highest BCUT2D eigenvalue weighted by atomic mass is 79.9. The fourth-order valence-corrected chi connectivity index (χ4v) is 4.15. The molecule has 2 aromatic rings. The van der Waals surface area contributed by atoms with Gasteiger partial charge in [0.15, 0.2) is 0 Å². The maximum Gasteiger partial charge on any atom is 0.239 e. The van der Waals surface area contributed by atoms with E-state index < -0.39 is 10.0 Å². The molecule has 27 heavy (non-hydrogen) atoms. The van der Waals surface area contributed by atoms with E-state index in [-0.39, 0.29) is 19.0 Å². The van der Waals surface area contributed by atoms with Crippen molar-refractivity contribution in [2.75, 3.05) is 18.1 Å². The number of nitrogens with one attached hydrogen (secondary N) is 1. The van der Waals surface area contributed by atoms with Crippen LogP contribution in [0.4, 0.5) is 5.69 Å². The lowest BCUT2D eigenvalue weighted by Gasteiger charge is -2.21. The highest BCUT2D eigenvalue weighted by Crippen LogP contribution is 2.27. The lowest BCUT2D eigenvalue weighted by molar-refractivity contribution is -0.116. The number of amides is 1. The minimum Gasteiger partial charge on any atom is -0.324 e. The summed E-state index contributed by atoms with van der Waals surface area (Å²) in [4.78, 5) is 12.7. The summed E-state index contributed by atoms with van der Waals surface area (Å²) in [6, 6.07) is 13.2. The Balaban J connectivity index is 2.22. The van der Waals surface area contributed by atoms with Crippen LogP contribution in [0.3, 0.4) is 0 Å². The second-order valence-electron chi connectivity index (χ2n) is 6.37. The van der Waals surface area contributed by atoms with E-state index in [2.05, 4.69) is 21.2 Å². The van der Waals surface area contributed by atoms with Gasteiger partial charge in [0.2, 0.25) is 15.9 Å². The van der Waals surface area contributed by atoms with E-state index in [1.807, 2.05) is 56.3 Å². The predicted octanol–water partition coefficient (Wildman–Crippen LogP) is 3.97. The number of anilines is 1. The van der Waals surface area contributed by atoms with Gasteiger partial charge in [0.1, 0.15) is 0 Å². The molecule has 0 aliphatic rings. The number of halogens is 1. The van der Waals surface area contributed by atoms with Crippen molar-refractivity contribution in [2.24, 2.45) is 0 Å². The number of carbonyl (C=O) groups is 1. The number of carbonyl (C=O) groups excluding carboxylic acids is 1. The molecule has 0 atom stereocenters. The third-order valence-corrected chi connectivity index (χ3v) is 5.94. The Morgan fingerprint density at radius 3 is 2.11 bits per heavy atom. The van der Waals surface area contributed by atoms with Gasteiger partial charge in [-0.25, -0.2) is 8.42 Å². The zero-order valence-corrected chi connectivity index (χ0v) is 18.2. The molecule has 1 amide bonds. The summed E-state index contributed by atoms with van der Waals surface area (Å²) in [7, 11) is -3.52. The fourth-order valence-electron chi connectivity index (χ4n) is 2.86. The second kappa shape index (κ2) is 9.48. The Bertz CT molecular complexity index is 874. The first-order valence-corrected chi connectivity index (χ1v) is 11.5. The number of sulfonamides is 1. The average molecular weight is 453 g/mol. The lowest BCUT2D eigenvalue weighted by Crippen LogP contribution is -2.37. The topological polar surface area (TPSA) is 66.5 Å². The van der Waals surface area contributed by atoms with E-state index in [0.29, 0.717) is 0 Å². The van der Waals surface area contributed by atoms with Crippen LogP contribution in [0.2, 0.25) is 0 Å². The van der Waals surface area contributed by atoms with Gasteiger partial charge in [-0.05, 0) is 41.7 Å². The Hall–Kier alpha value is -1.70. The highest BCUT2D eigenvalue weighted by Gasteiger charge is 2.21. The molecular weight excluding hydrogens is 428 g/mol. The van der Waals surface area contributed by atoms with E-state index in [0.717, 1.165) is 45.9 Å². The summed E-state index contributed by atoms with van der Waals surface area (Å²) in [6.07, 6.45) is 2.65. The van der Waals surface area contributed by atoms with E-state index in [9.17, 15) is 13.2 Å². The van der Waals surface area contributed by atoms with Crippen molar-refractivity contribution < 1.29 is 13.2 Å². The Labute approximate surface area is 170 Å². The first kappa shape index (κ1) is 21.6. The molecular formula is C20H25BrN2O3S. The van der Waals surface area contributed by atoms with Crippen LogP contribution in [0.1, 0.15) is 30.5 Å². The fraction of sp³-hybridized carbons (Fsp3) is 0.350. The first-order valence-electron chi connectivity index (χ1n) is 8.84.